The van der Waals surface area contributed by atoms with Crippen LogP contribution >= 0.6 is 11.6 Å². The van der Waals surface area contributed by atoms with Crippen molar-refractivity contribution < 1.29 is 23.8 Å². The number of carbonyl (C=O) groups excluding carboxylic acids is 2. The summed E-state index contributed by atoms with van der Waals surface area (Å²) in [6.07, 6.45) is 1.47. The SMILES string of the molecule is COc1cc(C=NNC(=O)c2[nH]c3c(C)cccc3c2-c2ccccc2)ccc1OC(=O)c1cc(Cl)ccc1OC. The molecule has 9 heteroatoms. The fourth-order valence-electron chi connectivity index (χ4n) is 4.50. The molecular weight excluding hydrogens is 542 g/mol. The molecule has 5 aromatic rings. The van der Waals surface area contributed by atoms with Crippen molar-refractivity contribution >= 4 is 40.6 Å². The number of fused-ring (bicyclic) bond motifs is 1. The third-order valence-corrected chi connectivity index (χ3v) is 6.72. The zero-order valence-electron chi connectivity index (χ0n) is 22.5. The van der Waals surface area contributed by atoms with E-state index in [1.807, 2.05) is 55.5 Å². The lowest BCUT2D eigenvalue weighted by atomic mass is 10.0. The molecule has 206 valence electrons. The topological polar surface area (TPSA) is 102 Å². The Bertz CT molecular complexity index is 1780. The Morgan fingerprint density at radius 2 is 1.63 bits per heavy atom. The van der Waals surface area contributed by atoms with Gasteiger partial charge in [0.15, 0.2) is 11.5 Å². The Morgan fingerprint density at radius 3 is 2.39 bits per heavy atom. The maximum absolute atomic E-state index is 13.3. The number of ether oxygens (including phenoxy) is 3. The molecule has 5 rings (SSSR count). The van der Waals surface area contributed by atoms with E-state index in [0.717, 1.165) is 27.6 Å². The number of aryl methyl sites for hydroxylation is 1. The average molecular weight is 568 g/mol. The number of amides is 1. The minimum atomic E-state index is -0.654. The fourth-order valence-corrected chi connectivity index (χ4v) is 4.68. The quantitative estimate of drug-likeness (QED) is 0.0929. The summed E-state index contributed by atoms with van der Waals surface area (Å²) >= 11 is 6.04. The summed E-state index contributed by atoms with van der Waals surface area (Å²) in [5.74, 6) is -0.213. The molecule has 0 spiro atoms. The van der Waals surface area contributed by atoms with Gasteiger partial charge in [-0.2, -0.15) is 5.10 Å². The molecule has 41 heavy (non-hydrogen) atoms. The van der Waals surface area contributed by atoms with Crippen LogP contribution in [0.3, 0.4) is 0 Å². The first kappa shape index (κ1) is 27.5. The predicted molar refractivity (Wildman–Crippen MR) is 159 cm³/mol. The molecule has 1 heterocycles. The molecule has 0 saturated heterocycles. The number of nitrogens with zero attached hydrogens (tertiary/aromatic N) is 1. The van der Waals surface area contributed by atoms with Crippen LogP contribution in [0.15, 0.2) is 90.0 Å². The van der Waals surface area contributed by atoms with E-state index in [-0.39, 0.29) is 17.2 Å². The molecule has 0 aliphatic heterocycles. The molecule has 0 radical (unpaired) electrons. The number of methoxy groups -OCH3 is 2. The van der Waals surface area contributed by atoms with Crippen molar-refractivity contribution in [3.8, 4) is 28.4 Å². The number of esters is 1. The highest BCUT2D eigenvalue weighted by atomic mass is 35.5. The van der Waals surface area contributed by atoms with Gasteiger partial charge in [0, 0.05) is 21.5 Å². The number of carbonyl (C=O) groups is 2. The van der Waals surface area contributed by atoms with E-state index in [4.69, 9.17) is 25.8 Å². The Balaban J connectivity index is 1.35. The zero-order valence-corrected chi connectivity index (χ0v) is 23.3. The number of para-hydroxylation sites is 1. The van der Waals surface area contributed by atoms with E-state index in [0.29, 0.717) is 27.8 Å². The number of rotatable bonds is 8. The van der Waals surface area contributed by atoms with Gasteiger partial charge in [0.25, 0.3) is 5.91 Å². The Labute approximate surface area is 241 Å². The summed E-state index contributed by atoms with van der Waals surface area (Å²) in [7, 11) is 2.91. The molecular formula is C32H26ClN3O5. The van der Waals surface area contributed by atoms with Gasteiger partial charge in [-0.15, -0.1) is 0 Å². The zero-order chi connectivity index (χ0) is 28.9. The fraction of sp³-hybridized carbons (Fsp3) is 0.0938. The second-order valence-corrected chi connectivity index (χ2v) is 9.52. The minimum Gasteiger partial charge on any atom is -0.496 e. The van der Waals surface area contributed by atoms with Gasteiger partial charge in [0.1, 0.15) is 17.0 Å². The van der Waals surface area contributed by atoms with Crippen LogP contribution in [-0.2, 0) is 0 Å². The lowest BCUT2D eigenvalue weighted by molar-refractivity contribution is 0.0726. The van der Waals surface area contributed by atoms with Crippen molar-refractivity contribution in [3.63, 3.8) is 0 Å². The number of aromatic amines is 1. The second kappa shape index (κ2) is 12.0. The molecule has 1 aromatic heterocycles. The molecule has 8 nitrogen and oxygen atoms in total. The van der Waals surface area contributed by atoms with E-state index in [9.17, 15) is 9.59 Å². The number of hydrazone groups is 1. The van der Waals surface area contributed by atoms with Gasteiger partial charge in [-0.25, -0.2) is 10.2 Å². The highest BCUT2D eigenvalue weighted by Gasteiger charge is 2.20. The number of H-pyrrole nitrogens is 1. The van der Waals surface area contributed by atoms with Crippen LogP contribution in [0.2, 0.25) is 5.02 Å². The van der Waals surface area contributed by atoms with Crippen LogP contribution in [0.4, 0.5) is 0 Å². The van der Waals surface area contributed by atoms with Crippen molar-refractivity contribution in [1.29, 1.82) is 0 Å². The number of halogens is 1. The van der Waals surface area contributed by atoms with Crippen molar-refractivity contribution in [2.75, 3.05) is 14.2 Å². The van der Waals surface area contributed by atoms with Gasteiger partial charge in [-0.1, -0.05) is 60.1 Å². The molecule has 0 bridgehead atoms. The van der Waals surface area contributed by atoms with E-state index in [2.05, 4.69) is 15.5 Å². The van der Waals surface area contributed by atoms with Crippen molar-refractivity contribution in [3.05, 3.63) is 112 Å². The smallest absolute Gasteiger partial charge is 0.347 e. The highest BCUT2D eigenvalue weighted by molar-refractivity contribution is 6.31. The first-order valence-electron chi connectivity index (χ1n) is 12.6. The summed E-state index contributed by atoms with van der Waals surface area (Å²) in [6.45, 7) is 1.99. The summed E-state index contributed by atoms with van der Waals surface area (Å²) in [6, 6.07) is 25.2. The summed E-state index contributed by atoms with van der Waals surface area (Å²) < 4.78 is 16.2. The van der Waals surface area contributed by atoms with Gasteiger partial charge >= 0.3 is 5.97 Å². The molecule has 0 atom stereocenters. The molecule has 0 aliphatic rings. The lowest BCUT2D eigenvalue weighted by Crippen LogP contribution is -2.18. The molecule has 0 fully saturated rings. The molecule has 2 N–H and O–H groups in total. The van der Waals surface area contributed by atoms with Crippen LogP contribution in [0, 0.1) is 6.92 Å². The van der Waals surface area contributed by atoms with Gasteiger partial charge < -0.3 is 19.2 Å². The number of nitrogens with one attached hydrogen (secondary N) is 2. The maximum Gasteiger partial charge on any atom is 0.347 e. The average Bonchev–Trinajstić information content (AvgIpc) is 3.39. The Kier molecular flexibility index (Phi) is 8.03. The monoisotopic (exact) mass is 567 g/mol. The first-order valence-corrected chi connectivity index (χ1v) is 13.0. The minimum absolute atomic E-state index is 0.178. The third kappa shape index (κ3) is 5.78. The van der Waals surface area contributed by atoms with E-state index in [1.165, 1.54) is 26.5 Å². The molecule has 4 aromatic carbocycles. The standard InChI is InChI=1S/C32H26ClN3O5/c1-19-8-7-11-23-28(21-9-5-4-6-10-21)30(35-29(19)23)31(37)36-34-18-20-12-14-26(27(16-20)40-3)41-32(38)24-17-22(33)13-15-25(24)39-2/h4-18,35H,1-3H3,(H,36,37). The van der Waals surface area contributed by atoms with Gasteiger partial charge in [0.2, 0.25) is 0 Å². The molecule has 0 saturated carbocycles. The van der Waals surface area contributed by atoms with Crippen molar-refractivity contribution in [2.24, 2.45) is 5.10 Å². The van der Waals surface area contributed by atoms with E-state index in [1.54, 1.807) is 30.3 Å². The maximum atomic E-state index is 13.3. The predicted octanol–water partition coefficient (Wildman–Crippen LogP) is 6.80. The van der Waals surface area contributed by atoms with Crippen LogP contribution in [0.5, 0.6) is 17.2 Å². The third-order valence-electron chi connectivity index (χ3n) is 6.48. The molecule has 1 amide bonds. The van der Waals surface area contributed by atoms with Crippen LogP contribution in [0.25, 0.3) is 22.0 Å². The van der Waals surface area contributed by atoms with Gasteiger partial charge in [-0.05, 0) is 60.0 Å². The number of hydrogen-bond acceptors (Lipinski definition) is 6. The Hall–Kier alpha value is -5.08. The largest absolute Gasteiger partial charge is 0.496 e. The molecule has 0 unspecified atom stereocenters. The second-order valence-electron chi connectivity index (χ2n) is 9.08. The van der Waals surface area contributed by atoms with Crippen LogP contribution < -0.4 is 19.6 Å². The van der Waals surface area contributed by atoms with Gasteiger partial charge in [-0.3, -0.25) is 4.79 Å². The number of aromatic nitrogens is 1. The lowest BCUT2D eigenvalue weighted by Gasteiger charge is -2.12. The summed E-state index contributed by atoms with van der Waals surface area (Å²) in [5.41, 5.74) is 7.46. The van der Waals surface area contributed by atoms with Crippen LogP contribution in [0.1, 0.15) is 32.0 Å². The summed E-state index contributed by atoms with van der Waals surface area (Å²) in [5, 5.41) is 5.48. The van der Waals surface area contributed by atoms with E-state index < -0.39 is 5.97 Å². The summed E-state index contributed by atoms with van der Waals surface area (Å²) in [4.78, 5) is 29.3. The van der Waals surface area contributed by atoms with Crippen molar-refractivity contribution in [2.45, 2.75) is 6.92 Å². The number of hydrogen-bond donors (Lipinski definition) is 2. The highest BCUT2D eigenvalue weighted by Crippen LogP contribution is 2.34. The first-order chi connectivity index (χ1) is 19.9. The normalized spacial score (nSPS) is 11.0. The Morgan fingerprint density at radius 1 is 0.878 bits per heavy atom. The van der Waals surface area contributed by atoms with Gasteiger partial charge in [0.05, 0.1) is 20.4 Å². The van der Waals surface area contributed by atoms with E-state index >= 15 is 0 Å². The van der Waals surface area contributed by atoms with Crippen LogP contribution in [-0.4, -0.2) is 37.3 Å². The number of benzene rings is 4. The molecule has 0 aliphatic carbocycles. The van der Waals surface area contributed by atoms with Crippen molar-refractivity contribution in [1.82, 2.24) is 10.4 Å².